The molecule has 1 atom stereocenters. The maximum absolute atomic E-state index is 14.0. The number of sulfonamides is 1. The first kappa shape index (κ1) is 30.9. The van der Waals surface area contributed by atoms with Crippen molar-refractivity contribution in [3.8, 4) is 5.75 Å². The second-order valence-electron chi connectivity index (χ2n) is 8.99. The highest BCUT2D eigenvalue weighted by Crippen LogP contribution is 2.27. The van der Waals surface area contributed by atoms with Gasteiger partial charge in [-0.25, -0.2) is 12.8 Å². The van der Waals surface area contributed by atoms with Crippen LogP contribution >= 0.6 is 11.6 Å². The predicted molar refractivity (Wildman–Crippen MR) is 153 cm³/mol. The molecule has 0 unspecified atom stereocenters. The first-order chi connectivity index (χ1) is 19.1. The van der Waals surface area contributed by atoms with Crippen LogP contribution in [0.4, 0.5) is 10.1 Å². The zero-order valence-electron chi connectivity index (χ0n) is 22.6. The number of anilines is 1. The number of rotatable bonds is 13. The Labute approximate surface area is 239 Å². The number of hydrogen-bond donors (Lipinski definition) is 1. The van der Waals surface area contributed by atoms with Gasteiger partial charge in [0.05, 0.1) is 17.7 Å². The molecule has 0 saturated carbocycles. The molecule has 11 heteroatoms. The van der Waals surface area contributed by atoms with Gasteiger partial charge in [0.1, 0.15) is 24.2 Å². The quantitative estimate of drug-likeness (QED) is 0.302. The van der Waals surface area contributed by atoms with Gasteiger partial charge in [0.25, 0.3) is 10.0 Å². The molecule has 0 spiro atoms. The van der Waals surface area contributed by atoms with Gasteiger partial charge in [0, 0.05) is 18.1 Å². The maximum Gasteiger partial charge on any atom is 0.264 e. The Hall–Kier alpha value is -3.63. The third kappa shape index (κ3) is 7.51. The fourth-order valence-corrected chi connectivity index (χ4v) is 5.72. The number of carbonyl (C=O) groups is 2. The van der Waals surface area contributed by atoms with Crippen molar-refractivity contribution in [3.63, 3.8) is 0 Å². The van der Waals surface area contributed by atoms with E-state index >= 15 is 0 Å². The first-order valence-electron chi connectivity index (χ1n) is 12.8. The molecule has 0 aliphatic heterocycles. The lowest BCUT2D eigenvalue weighted by atomic mass is 10.1. The van der Waals surface area contributed by atoms with Crippen molar-refractivity contribution in [1.29, 1.82) is 0 Å². The summed E-state index contributed by atoms with van der Waals surface area (Å²) in [6.45, 7) is 3.46. The van der Waals surface area contributed by atoms with Crippen molar-refractivity contribution in [2.45, 2.75) is 44.2 Å². The Morgan fingerprint density at radius 2 is 1.65 bits per heavy atom. The molecular weight excluding hydrogens is 557 g/mol. The number of carbonyl (C=O) groups excluding carboxylic acids is 2. The SMILES string of the molecule is CCCNC(=O)[C@H](CC)N(Cc1ccccc1Cl)C(=O)CN(c1ccc(F)cc1)S(=O)(=O)c1ccc(OC)cc1. The molecule has 3 aromatic carbocycles. The summed E-state index contributed by atoms with van der Waals surface area (Å²) in [7, 11) is -2.83. The number of amides is 2. The number of ether oxygens (including phenoxy) is 1. The number of hydrogen-bond acceptors (Lipinski definition) is 5. The lowest BCUT2D eigenvalue weighted by molar-refractivity contribution is -0.140. The number of halogens is 2. The van der Waals surface area contributed by atoms with Crippen LogP contribution < -0.4 is 14.4 Å². The van der Waals surface area contributed by atoms with E-state index in [4.69, 9.17) is 16.3 Å². The Morgan fingerprint density at radius 1 is 1.00 bits per heavy atom. The summed E-state index contributed by atoms with van der Waals surface area (Å²) < 4.78 is 47.4. The lowest BCUT2D eigenvalue weighted by Gasteiger charge is -2.33. The van der Waals surface area contributed by atoms with Gasteiger partial charge in [-0.15, -0.1) is 0 Å². The van der Waals surface area contributed by atoms with E-state index in [1.165, 1.54) is 48.4 Å². The van der Waals surface area contributed by atoms with Crippen molar-refractivity contribution in [2.75, 3.05) is 24.5 Å². The molecule has 214 valence electrons. The van der Waals surface area contributed by atoms with Gasteiger partial charge in [-0.2, -0.15) is 0 Å². The molecule has 40 heavy (non-hydrogen) atoms. The molecule has 0 aromatic heterocycles. The number of nitrogens with zero attached hydrogens (tertiary/aromatic N) is 2. The van der Waals surface area contributed by atoms with Crippen molar-refractivity contribution < 1.29 is 27.1 Å². The third-order valence-corrected chi connectivity index (χ3v) is 8.43. The second-order valence-corrected chi connectivity index (χ2v) is 11.3. The van der Waals surface area contributed by atoms with E-state index in [-0.39, 0.29) is 29.5 Å². The summed E-state index contributed by atoms with van der Waals surface area (Å²) in [6, 6.07) is 16.6. The monoisotopic (exact) mass is 589 g/mol. The Kier molecular flexibility index (Phi) is 10.9. The van der Waals surface area contributed by atoms with E-state index in [0.717, 1.165) is 16.4 Å². The van der Waals surface area contributed by atoms with Crippen LogP contribution in [0.3, 0.4) is 0 Å². The van der Waals surface area contributed by atoms with E-state index in [1.807, 2.05) is 6.92 Å². The summed E-state index contributed by atoms with van der Waals surface area (Å²) in [5, 5.41) is 3.23. The zero-order valence-corrected chi connectivity index (χ0v) is 24.2. The van der Waals surface area contributed by atoms with Gasteiger partial charge in [0.2, 0.25) is 11.8 Å². The largest absolute Gasteiger partial charge is 0.497 e. The van der Waals surface area contributed by atoms with Gasteiger partial charge in [0.15, 0.2) is 0 Å². The van der Waals surface area contributed by atoms with Crippen LogP contribution in [-0.2, 0) is 26.2 Å². The number of nitrogens with one attached hydrogen (secondary N) is 1. The topological polar surface area (TPSA) is 96.0 Å². The molecule has 0 bridgehead atoms. The van der Waals surface area contributed by atoms with Crippen LogP contribution in [-0.4, -0.2) is 51.4 Å². The molecule has 3 rings (SSSR count). The van der Waals surface area contributed by atoms with Gasteiger partial charge in [-0.3, -0.25) is 13.9 Å². The highest BCUT2D eigenvalue weighted by molar-refractivity contribution is 7.92. The van der Waals surface area contributed by atoms with Crippen molar-refractivity contribution in [2.24, 2.45) is 0 Å². The standard InChI is InChI=1S/C29H33ClFN3O5S/c1-4-18-32-29(36)27(5-2)33(19-21-8-6-7-9-26(21)30)28(35)20-34(23-12-10-22(31)11-13-23)40(37,38)25-16-14-24(39-3)15-17-25/h6-17,27H,4-5,18-20H2,1-3H3,(H,32,36)/t27-/m0/s1. The minimum Gasteiger partial charge on any atom is -0.497 e. The minimum atomic E-state index is -4.29. The molecule has 8 nitrogen and oxygen atoms in total. The Balaban J connectivity index is 2.05. The fraction of sp³-hybridized carbons (Fsp3) is 0.310. The molecule has 0 fully saturated rings. The predicted octanol–water partition coefficient (Wildman–Crippen LogP) is 5.02. The summed E-state index contributed by atoms with van der Waals surface area (Å²) in [5.74, 6) is -1.08. The molecule has 2 amide bonds. The number of benzene rings is 3. The molecular formula is C29H33ClFN3O5S. The van der Waals surface area contributed by atoms with E-state index in [0.29, 0.717) is 29.3 Å². The molecule has 0 heterocycles. The molecule has 3 aromatic rings. The molecule has 0 radical (unpaired) electrons. The van der Waals surface area contributed by atoms with E-state index in [2.05, 4.69) is 5.32 Å². The molecule has 0 saturated heterocycles. The molecule has 0 aliphatic rings. The summed E-state index contributed by atoms with van der Waals surface area (Å²) in [4.78, 5) is 28.3. The van der Waals surface area contributed by atoms with Crippen LogP contribution in [0.1, 0.15) is 32.3 Å². The average molecular weight is 590 g/mol. The van der Waals surface area contributed by atoms with Crippen LogP contribution in [0, 0.1) is 5.82 Å². The highest BCUT2D eigenvalue weighted by Gasteiger charge is 2.34. The molecule has 1 N–H and O–H groups in total. The zero-order chi connectivity index (χ0) is 29.3. The van der Waals surface area contributed by atoms with Crippen LogP contribution in [0.15, 0.2) is 77.7 Å². The highest BCUT2D eigenvalue weighted by atomic mass is 35.5. The maximum atomic E-state index is 14.0. The van der Waals surface area contributed by atoms with Gasteiger partial charge in [-0.05, 0) is 73.0 Å². The van der Waals surface area contributed by atoms with Crippen molar-refractivity contribution in [1.82, 2.24) is 10.2 Å². The van der Waals surface area contributed by atoms with Gasteiger partial charge in [-0.1, -0.05) is 43.6 Å². The summed E-state index contributed by atoms with van der Waals surface area (Å²) >= 11 is 6.39. The molecule has 0 aliphatic carbocycles. The Morgan fingerprint density at radius 3 is 2.23 bits per heavy atom. The van der Waals surface area contributed by atoms with E-state index in [9.17, 15) is 22.4 Å². The van der Waals surface area contributed by atoms with E-state index < -0.39 is 34.3 Å². The Bertz CT molecular complexity index is 1400. The first-order valence-corrected chi connectivity index (χ1v) is 14.7. The van der Waals surface area contributed by atoms with Gasteiger partial charge >= 0.3 is 0 Å². The third-order valence-electron chi connectivity index (χ3n) is 6.27. The van der Waals surface area contributed by atoms with Crippen LogP contribution in [0.5, 0.6) is 5.75 Å². The van der Waals surface area contributed by atoms with Crippen molar-refractivity contribution >= 4 is 39.1 Å². The second kappa shape index (κ2) is 14.1. The number of methoxy groups -OCH3 is 1. The van der Waals surface area contributed by atoms with Crippen LogP contribution in [0.2, 0.25) is 5.02 Å². The minimum absolute atomic E-state index is 0.0175. The van der Waals surface area contributed by atoms with E-state index in [1.54, 1.807) is 31.2 Å². The lowest BCUT2D eigenvalue weighted by Crippen LogP contribution is -2.52. The smallest absolute Gasteiger partial charge is 0.264 e. The normalized spacial score (nSPS) is 11.9. The average Bonchev–Trinajstić information content (AvgIpc) is 2.96. The van der Waals surface area contributed by atoms with Gasteiger partial charge < -0.3 is 15.0 Å². The summed E-state index contributed by atoms with van der Waals surface area (Å²) in [5.41, 5.74) is 0.692. The van der Waals surface area contributed by atoms with Crippen LogP contribution in [0.25, 0.3) is 0 Å². The summed E-state index contributed by atoms with van der Waals surface area (Å²) in [6.07, 6.45) is 0.993. The fourth-order valence-electron chi connectivity index (χ4n) is 4.11. The van der Waals surface area contributed by atoms with Crippen molar-refractivity contribution in [3.05, 3.63) is 89.2 Å².